The fraction of sp³-hybridized carbons (Fsp3) is 0.467. The first-order chi connectivity index (χ1) is 18.4. The molecule has 0 saturated heterocycles. The van der Waals surface area contributed by atoms with Crippen molar-refractivity contribution in [2.24, 2.45) is 17.6 Å². The van der Waals surface area contributed by atoms with Crippen LogP contribution in [-0.2, 0) is 20.8 Å². The number of likely N-dealkylation sites (N-methyl/N-ethyl adjacent to an activating group) is 1. The van der Waals surface area contributed by atoms with Crippen LogP contribution in [0.5, 0.6) is 5.75 Å². The highest BCUT2D eigenvalue weighted by Crippen LogP contribution is 2.20. The van der Waals surface area contributed by atoms with Crippen molar-refractivity contribution >= 4 is 24.0 Å². The molecule has 0 fully saturated rings. The Morgan fingerprint density at radius 3 is 2.03 bits per heavy atom. The maximum atomic E-state index is 13.7. The van der Waals surface area contributed by atoms with Gasteiger partial charge in [0.1, 0.15) is 30.2 Å². The molecule has 2 aromatic carbocycles. The molecule has 0 unspecified atom stereocenters. The Morgan fingerprint density at radius 1 is 0.923 bits per heavy atom. The number of hydrogen-bond donors (Lipinski definition) is 3. The van der Waals surface area contributed by atoms with E-state index in [4.69, 9.17) is 10.5 Å². The van der Waals surface area contributed by atoms with Crippen LogP contribution in [0, 0.1) is 11.8 Å². The molecule has 0 spiro atoms. The zero-order valence-corrected chi connectivity index (χ0v) is 23.7. The van der Waals surface area contributed by atoms with Crippen molar-refractivity contribution in [3.05, 3.63) is 65.7 Å². The second-order valence-corrected chi connectivity index (χ2v) is 10.8. The number of hydrogen-bond acceptors (Lipinski definition) is 6. The van der Waals surface area contributed by atoms with E-state index < -0.39 is 36.0 Å². The first kappa shape index (κ1) is 31.5. The standard InChI is InChI=1S/C30H42N4O5/c1-19(2)16-24(28(31)36)32-30(38)26(27(20(3)4)39-23-14-12-22(18-35)13-15-23)33-29(37)25(34(5)6)17-21-10-8-7-9-11-21/h7-15,18-20,24-27H,16-17H2,1-6H3,(H2,31,36)(H,32,38)(H,33,37)/t24-,25-,26-,27+/m0/s1. The molecule has 2 rings (SSSR count). The van der Waals surface area contributed by atoms with E-state index in [0.717, 1.165) is 11.8 Å². The predicted octanol–water partition coefficient (Wildman–Crippen LogP) is 2.58. The molecular weight excluding hydrogens is 496 g/mol. The lowest BCUT2D eigenvalue weighted by Gasteiger charge is -2.33. The molecule has 4 atom stereocenters. The lowest BCUT2D eigenvalue weighted by Crippen LogP contribution is -2.61. The van der Waals surface area contributed by atoms with Gasteiger partial charge in [-0.2, -0.15) is 0 Å². The summed E-state index contributed by atoms with van der Waals surface area (Å²) in [6.07, 6.45) is 0.734. The van der Waals surface area contributed by atoms with Crippen LogP contribution in [0.25, 0.3) is 0 Å². The van der Waals surface area contributed by atoms with Gasteiger partial charge in [-0.15, -0.1) is 0 Å². The summed E-state index contributed by atoms with van der Waals surface area (Å²) in [6.45, 7) is 7.61. The second kappa shape index (κ2) is 15.0. The van der Waals surface area contributed by atoms with Gasteiger partial charge in [-0.05, 0) is 68.6 Å². The van der Waals surface area contributed by atoms with Gasteiger partial charge in [0.15, 0.2) is 0 Å². The third-order valence-electron chi connectivity index (χ3n) is 6.42. The normalized spacial score (nSPS) is 14.4. The summed E-state index contributed by atoms with van der Waals surface area (Å²) in [7, 11) is 3.61. The summed E-state index contributed by atoms with van der Waals surface area (Å²) in [6, 6.07) is 13.5. The van der Waals surface area contributed by atoms with Crippen LogP contribution in [0.1, 0.15) is 50.0 Å². The van der Waals surface area contributed by atoms with E-state index in [2.05, 4.69) is 10.6 Å². The highest BCUT2D eigenvalue weighted by atomic mass is 16.5. The number of nitrogens with one attached hydrogen (secondary N) is 2. The topological polar surface area (TPSA) is 131 Å². The monoisotopic (exact) mass is 538 g/mol. The molecule has 0 aliphatic heterocycles. The van der Waals surface area contributed by atoms with E-state index in [0.29, 0.717) is 24.2 Å². The smallest absolute Gasteiger partial charge is 0.247 e. The van der Waals surface area contributed by atoms with E-state index in [1.165, 1.54) is 0 Å². The van der Waals surface area contributed by atoms with Crippen LogP contribution < -0.4 is 21.1 Å². The SMILES string of the molecule is CC(C)C[C@H](NC(=O)[C@@H](NC(=O)[C@H](Cc1ccccc1)N(C)C)[C@H](Oc1ccc(C=O)cc1)C(C)C)C(N)=O. The zero-order chi connectivity index (χ0) is 29.1. The fourth-order valence-corrected chi connectivity index (χ4v) is 4.24. The fourth-order valence-electron chi connectivity index (χ4n) is 4.24. The van der Waals surface area contributed by atoms with Gasteiger partial charge in [-0.1, -0.05) is 58.0 Å². The van der Waals surface area contributed by atoms with Crippen LogP contribution in [0.4, 0.5) is 0 Å². The molecule has 0 heterocycles. The summed E-state index contributed by atoms with van der Waals surface area (Å²) in [4.78, 5) is 52.3. The Balaban J connectivity index is 2.41. The summed E-state index contributed by atoms with van der Waals surface area (Å²) in [5, 5.41) is 5.66. The average molecular weight is 539 g/mol. The lowest BCUT2D eigenvalue weighted by molar-refractivity contribution is -0.136. The van der Waals surface area contributed by atoms with Gasteiger partial charge in [-0.25, -0.2) is 0 Å². The highest BCUT2D eigenvalue weighted by Gasteiger charge is 2.37. The van der Waals surface area contributed by atoms with Crippen LogP contribution >= 0.6 is 0 Å². The molecule has 3 amide bonds. The van der Waals surface area contributed by atoms with Gasteiger partial charge in [0, 0.05) is 5.56 Å². The van der Waals surface area contributed by atoms with Crippen LogP contribution in [-0.4, -0.2) is 67.2 Å². The molecule has 0 bridgehead atoms. The third-order valence-corrected chi connectivity index (χ3v) is 6.42. The van der Waals surface area contributed by atoms with E-state index in [1.807, 2.05) is 58.0 Å². The van der Waals surface area contributed by atoms with E-state index in [-0.39, 0.29) is 17.7 Å². The van der Waals surface area contributed by atoms with Gasteiger partial charge in [0.05, 0.1) is 6.04 Å². The minimum Gasteiger partial charge on any atom is -0.487 e. The molecule has 212 valence electrons. The maximum absolute atomic E-state index is 13.7. The Kier molecular flexibility index (Phi) is 12.1. The number of nitrogens with two attached hydrogens (primary N) is 1. The van der Waals surface area contributed by atoms with Gasteiger partial charge >= 0.3 is 0 Å². The van der Waals surface area contributed by atoms with Crippen LogP contribution in [0.3, 0.4) is 0 Å². The molecule has 9 heteroatoms. The zero-order valence-electron chi connectivity index (χ0n) is 23.7. The molecular formula is C30H42N4O5. The molecule has 0 aliphatic carbocycles. The summed E-state index contributed by atoms with van der Waals surface area (Å²) < 4.78 is 6.22. The van der Waals surface area contributed by atoms with Gasteiger partial charge in [-0.3, -0.25) is 24.1 Å². The van der Waals surface area contributed by atoms with Crippen LogP contribution in [0.15, 0.2) is 54.6 Å². The summed E-state index contributed by atoms with van der Waals surface area (Å²) >= 11 is 0. The lowest BCUT2D eigenvalue weighted by atomic mass is 9.96. The van der Waals surface area contributed by atoms with Crippen molar-refractivity contribution in [3.63, 3.8) is 0 Å². The Labute approximate surface area is 231 Å². The predicted molar refractivity (Wildman–Crippen MR) is 151 cm³/mol. The van der Waals surface area contributed by atoms with Crippen molar-refractivity contribution in [1.82, 2.24) is 15.5 Å². The molecule has 4 N–H and O–H groups in total. The van der Waals surface area contributed by atoms with Gasteiger partial charge in [0.25, 0.3) is 0 Å². The minimum absolute atomic E-state index is 0.105. The molecule has 0 radical (unpaired) electrons. The number of aldehydes is 1. The number of amides is 3. The highest BCUT2D eigenvalue weighted by molar-refractivity contribution is 5.93. The number of carbonyl (C=O) groups excluding carboxylic acids is 4. The van der Waals surface area contributed by atoms with Gasteiger partial charge in [0.2, 0.25) is 17.7 Å². The van der Waals surface area contributed by atoms with Crippen molar-refractivity contribution < 1.29 is 23.9 Å². The third kappa shape index (κ3) is 9.83. The van der Waals surface area contributed by atoms with Crippen molar-refractivity contribution in [1.29, 1.82) is 0 Å². The minimum atomic E-state index is -1.13. The summed E-state index contributed by atoms with van der Waals surface area (Å²) in [5.74, 6) is -1.23. The quantitative estimate of drug-likeness (QED) is 0.299. The van der Waals surface area contributed by atoms with E-state index >= 15 is 0 Å². The molecule has 0 aliphatic rings. The first-order valence-electron chi connectivity index (χ1n) is 13.2. The van der Waals surface area contributed by atoms with Gasteiger partial charge < -0.3 is 21.1 Å². The Bertz CT molecular complexity index is 1090. The molecule has 0 saturated carbocycles. The van der Waals surface area contributed by atoms with Crippen molar-refractivity contribution in [3.8, 4) is 5.75 Å². The largest absolute Gasteiger partial charge is 0.487 e. The first-order valence-corrected chi connectivity index (χ1v) is 13.2. The maximum Gasteiger partial charge on any atom is 0.247 e. The number of primary amides is 1. The van der Waals surface area contributed by atoms with E-state index in [1.54, 1.807) is 43.3 Å². The number of nitrogens with zero attached hydrogens (tertiary/aromatic N) is 1. The summed E-state index contributed by atoms with van der Waals surface area (Å²) in [5.41, 5.74) is 7.05. The van der Waals surface area contributed by atoms with Crippen molar-refractivity contribution in [2.45, 2.75) is 64.8 Å². The number of ether oxygens (including phenoxy) is 1. The molecule has 0 aromatic heterocycles. The molecule has 39 heavy (non-hydrogen) atoms. The number of carbonyl (C=O) groups is 4. The second-order valence-electron chi connectivity index (χ2n) is 10.8. The molecule has 9 nitrogen and oxygen atoms in total. The molecule has 2 aromatic rings. The average Bonchev–Trinajstić information content (AvgIpc) is 2.88. The Morgan fingerprint density at radius 2 is 1.54 bits per heavy atom. The number of rotatable bonds is 15. The number of benzene rings is 2. The van der Waals surface area contributed by atoms with Crippen LogP contribution in [0.2, 0.25) is 0 Å². The van der Waals surface area contributed by atoms with E-state index in [9.17, 15) is 19.2 Å². The van der Waals surface area contributed by atoms with Crippen molar-refractivity contribution in [2.75, 3.05) is 14.1 Å². The Hall–Kier alpha value is -3.72.